The van der Waals surface area contributed by atoms with Crippen molar-refractivity contribution in [1.29, 1.82) is 0 Å². The molecular weight excluding hydrogens is 236 g/mol. The maximum Gasteiger partial charge on any atom is 0.227 e. The summed E-state index contributed by atoms with van der Waals surface area (Å²) in [6.07, 6.45) is 1.76. The van der Waals surface area contributed by atoms with E-state index in [1.807, 2.05) is 24.4 Å². The van der Waals surface area contributed by atoms with E-state index in [0.29, 0.717) is 6.61 Å². The minimum Gasteiger partial charge on any atom is -0.381 e. The lowest BCUT2D eigenvalue weighted by atomic mass is 10.1. The van der Waals surface area contributed by atoms with Crippen LogP contribution in [0, 0.1) is 12.8 Å². The van der Waals surface area contributed by atoms with Crippen molar-refractivity contribution >= 4 is 17.2 Å². The van der Waals surface area contributed by atoms with Crippen molar-refractivity contribution in [2.45, 2.75) is 19.8 Å². The van der Waals surface area contributed by atoms with Crippen molar-refractivity contribution in [3.8, 4) is 0 Å². The molecule has 17 heavy (non-hydrogen) atoms. The Morgan fingerprint density at radius 1 is 1.71 bits per heavy atom. The summed E-state index contributed by atoms with van der Waals surface area (Å²) in [7, 11) is 1.87. The van der Waals surface area contributed by atoms with Crippen LogP contribution in [0.15, 0.2) is 5.51 Å². The maximum atomic E-state index is 12.0. The highest BCUT2D eigenvalue weighted by Gasteiger charge is 2.26. The molecule has 4 nitrogen and oxygen atoms in total. The SMILES string of the molecule is Cc1ncsc1CCN(C)C(=O)[C@@H]1CCOC1. The molecule has 1 aliphatic heterocycles. The molecule has 1 saturated heterocycles. The Labute approximate surface area is 106 Å². The van der Waals surface area contributed by atoms with Crippen LogP contribution in [0.25, 0.3) is 0 Å². The number of hydrogen-bond donors (Lipinski definition) is 0. The number of amides is 1. The van der Waals surface area contributed by atoms with Gasteiger partial charge in [-0.05, 0) is 13.3 Å². The fourth-order valence-corrected chi connectivity index (χ4v) is 2.76. The second-order valence-electron chi connectivity index (χ2n) is 4.43. The number of nitrogens with zero attached hydrogens (tertiary/aromatic N) is 2. The molecule has 2 heterocycles. The first-order valence-electron chi connectivity index (χ1n) is 5.90. The molecule has 0 N–H and O–H groups in total. The molecule has 1 amide bonds. The van der Waals surface area contributed by atoms with E-state index in [-0.39, 0.29) is 11.8 Å². The Bertz CT molecular complexity index is 386. The summed E-state index contributed by atoms with van der Waals surface area (Å²) in [6, 6.07) is 0. The molecule has 1 aliphatic rings. The van der Waals surface area contributed by atoms with Crippen molar-refractivity contribution in [1.82, 2.24) is 9.88 Å². The lowest BCUT2D eigenvalue weighted by Crippen LogP contribution is -2.34. The van der Waals surface area contributed by atoms with Crippen molar-refractivity contribution in [2.24, 2.45) is 5.92 Å². The third kappa shape index (κ3) is 3.04. The molecule has 1 aromatic rings. The van der Waals surface area contributed by atoms with Crippen molar-refractivity contribution in [3.63, 3.8) is 0 Å². The summed E-state index contributed by atoms with van der Waals surface area (Å²) in [4.78, 5) is 19.3. The number of aromatic nitrogens is 1. The summed E-state index contributed by atoms with van der Waals surface area (Å²) in [6.45, 7) is 4.08. The topological polar surface area (TPSA) is 42.4 Å². The summed E-state index contributed by atoms with van der Waals surface area (Å²) < 4.78 is 5.24. The minimum absolute atomic E-state index is 0.0718. The van der Waals surface area contributed by atoms with Crippen molar-refractivity contribution in [2.75, 3.05) is 26.8 Å². The molecule has 0 saturated carbocycles. The maximum absolute atomic E-state index is 12.0. The van der Waals surface area contributed by atoms with Gasteiger partial charge in [-0.25, -0.2) is 4.98 Å². The van der Waals surface area contributed by atoms with Crippen LogP contribution in [0.3, 0.4) is 0 Å². The van der Waals surface area contributed by atoms with Crippen LogP contribution in [0.5, 0.6) is 0 Å². The van der Waals surface area contributed by atoms with E-state index in [2.05, 4.69) is 4.98 Å². The van der Waals surface area contributed by atoms with E-state index in [9.17, 15) is 4.79 Å². The fourth-order valence-electron chi connectivity index (χ4n) is 1.99. The fraction of sp³-hybridized carbons (Fsp3) is 0.667. The van der Waals surface area contributed by atoms with Crippen LogP contribution in [0.2, 0.25) is 0 Å². The van der Waals surface area contributed by atoms with E-state index in [0.717, 1.165) is 31.7 Å². The number of thiazole rings is 1. The van der Waals surface area contributed by atoms with Gasteiger partial charge in [-0.3, -0.25) is 4.79 Å². The Morgan fingerprint density at radius 3 is 3.12 bits per heavy atom. The van der Waals surface area contributed by atoms with E-state index in [4.69, 9.17) is 4.74 Å². The lowest BCUT2D eigenvalue weighted by Gasteiger charge is -2.19. The first kappa shape index (κ1) is 12.5. The number of hydrogen-bond acceptors (Lipinski definition) is 4. The lowest BCUT2D eigenvalue weighted by molar-refractivity contribution is -0.134. The zero-order valence-electron chi connectivity index (χ0n) is 10.3. The monoisotopic (exact) mass is 254 g/mol. The molecule has 2 rings (SSSR count). The number of carbonyl (C=O) groups is 1. The zero-order valence-corrected chi connectivity index (χ0v) is 11.1. The molecular formula is C12H18N2O2S. The van der Waals surface area contributed by atoms with Gasteiger partial charge in [-0.15, -0.1) is 11.3 Å². The Balaban J connectivity index is 1.82. The zero-order chi connectivity index (χ0) is 12.3. The number of ether oxygens (including phenoxy) is 1. The predicted molar refractivity (Wildman–Crippen MR) is 67.1 cm³/mol. The molecule has 0 radical (unpaired) electrons. The molecule has 1 atom stereocenters. The van der Waals surface area contributed by atoms with E-state index in [1.54, 1.807) is 11.3 Å². The average molecular weight is 254 g/mol. The van der Waals surface area contributed by atoms with Gasteiger partial charge >= 0.3 is 0 Å². The van der Waals surface area contributed by atoms with Gasteiger partial charge in [0.05, 0.1) is 23.7 Å². The average Bonchev–Trinajstić information content (AvgIpc) is 2.96. The van der Waals surface area contributed by atoms with Crippen LogP contribution in [0.4, 0.5) is 0 Å². The molecule has 1 fully saturated rings. The van der Waals surface area contributed by atoms with Crippen LogP contribution < -0.4 is 0 Å². The van der Waals surface area contributed by atoms with Crippen molar-refractivity contribution in [3.05, 3.63) is 16.1 Å². The van der Waals surface area contributed by atoms with Gasteiger partial charge < -0.3 is 9.64 Å². The van der Waals surface area contributed by atoms with Crippen LogP contribution >= 0.6 is 11.3 Å². The molecule has 0 aliphatic carbocycles. The number of rotatable bonds is 4. The molecule has 1 aromatic heterocycles. The summed E-state index contributed by atoms with van der Waals surface area (Å²) in [5, 5.41) is 0. The largest absolute Gasteiger partial charge is 0.381 e. The van der Waals surface area contributed by atoms with Crippen LogP contribution in [-0.2, 0) is 16.0 Å². The van der Waals surface area contributed by atoms with Crippen LogP contribution in [-0.4, -0.2) is 42.6 Å². The van der Waals surface area contributed by atoms with Gasteiger partial charge in [0.1, 0.15) is 0 Å². The second kappa shape index (κ2) is 5.60. The highest BCUT2D eigenvalue weighted by Crippen LogP contribution is 2.16. The molecule has 0 aromatic carbocycles. The summed E-state index contributed by atoms with van der Waals surface area (Å²) >= 11 is 1.66. The van der Waals surface area contributed by atoms with E-state index in [1.165, 1.54) is 4.88 Å². The van der Waals surface area contributed by atoms with Gasteiger partial charge in [0.15, 0.2) is 0 Å². The molecule has 5 heteroatoms. The van der Waals surface area contributed by atoms with Crippen molar-refractivity contribution < 1.29 is 9.53 Å². The smallest absolute Gasteiger partial charge is 0.227 e. The summed E-state index contributed by atoms with van der Waals surface area (Å²) in [5.41, 5.74) is 2.94. The normalized spacial score (nSPS) is 19.5. The van der Waals surface area contributed by atoms with Crippen LogP contribution in [0.1, 0.15) is 17.0 Å². The highest BCUT2D eigenvalue weighted by molar-refractivity contribution is 7.09. The Hall–Kier alpha value is -0.940. The molecule has 0 unspecified atom stereocenters. The third-order valence-electron chi connectivity index (χ3n) is 3.17. The number of carbonyl (C=O) groups excluding carboxylic acids is 1. The van der Waals surface area contributed by atoms with Gasteiger partial charge in [0, 0.05) is 31.5 Å². The quantitative estimate of drug-likeness (QED) is 0.817. The standard InChI is InChI=1S/C12H18N2O2S/c1-9-11(17-8-13-9)3-5-14(2)12(15)10-4-6-16-7-10/h8,10H,3-7H2,1-2H3/t10-/m1/s1. The second-order valence-corrected chi connectivity index (χ2v) is 5.37. The Morgan fingerprint density at radius 2 is 2.53 bits per heavy atom. The van der Waals surface area contributed by atoms with Gasteiger partial charge in [0.2, 0.25) is 5.91 Å². The minimum atomic E-state index is 0.0718. The highest BCUT2D eigenvalue weighted by atomic mass is 32.1. The van der Waals surface area contributed by atoms with E-state index >= 15 is 0 Å². The third-order valence-corrected chi connectivity index (χ3v) is 4.17. The molecule has 0 spiro atoms. The molecule has 94 valence electrons. The van der Waals surface area contributed by atoms with Gasteiger partial charge in [0.25, 0.3) is 0 Å². The predicted octanol–water partition coefficient (Wildman–Crippen LogP) is 1.49. The molecule has 0 bridgehead atoms. The number of likely N-dealkylation sites (N-methyl/N-ethyl adjacent to an activating group) is 1. The first-order valence-corrected chi connectivity index (χ1v) is 6.78. The number of aryl methyl sites for hydroxylation is 1. The van der Waals surface area contributed by atoms with E-state index < -0.39 is 0 Å². The van der Waals surface area contributed by atoms with Gasteiger partial charge in [-0.2, -0.15) is 0 Å². The Kier molecular flexibility index (Phi) is 4.12. The first-order chi connectivity index (χ1) is 8.18. The summed E-state index contributed by atoms with van der Waals surface area (Å²) in [5.74, 6) is 0.284. The van der Waals surface area contributed by atoms with Gasteiger partial charge in [-0.1, -0.05) is 0 Å².